The van der Waals surface area contributed by atoms with Gasteiger partial charge in [-0.2, -0.15) is 0 Å². The van der Waals surface area contributed by atoms with Crippen molar-refractivity contribution in [3.05, 3.63) is 32.3 Å². The van der Waals surface area contributed by atoms with Gasteiger partial charge in [-0.15, -0.1) is 0 Å². The summed E-state index contributed by atoms with van der Waals surface area (Å²) < 4.78 is 22.9. The topological polar surface area (TPSA) is 132 Å². The lowest BCUT2D eigenvalue weighted by Gasteiger charge is -2.09. The van der Waals surface area contributed by atoms with Crippen molar-refractivity contribution in [1.29, 1.82) is 0 Å². The molecule has 1 amide bonds. The van der Waals surface area contributed by atoms with E-state index in [-0.39, 0.29) is 16.1 Å². The largest absolute Gasteiger partial charge is 0.349 e. The maximum absolute atomic E-state index is 12.1. The van der Waals surface area contributed by atoms with Crippen LogP contribution in [0.3, 0.4) is 0 Å². The highest BCUT2D eigenvalue weighted by molar-refractivity contribution is 9.10. The average Bonchev–Trinajstić information content (AvgIpc) is 3.02. The first-order valence-corrected chi connectivity index (χ1v) is 8.26. The van der Waals surface area contributed by atoms with Gasteiger partial charge in [-0.3, -0.25) is 14.9 Å². The summed E-state index contributed by atoms with van der Waals surface area (Å²) in [5, 5.41) is 18.6. The molecule has 0 spiro atoms. The average molecular weight is 378 g/mol. The first-order chi connectivity index (χ1) is 9.61. The Morgan fingerprint density at radius 1 is 1.52 bits per heavy atom. The minimum absolute atomic E-state index is 0.00148. The van der Waals surface area contributed by atoms with Crippen molar-refractivity contribution in [3.8, 4) is 0 Å². The molecule has 0 heterocycles. The molecule has 0 aromatic heterocycles. The number of nitrogens with two attached hydrogens (primary N) is 1. The van der Waals surface area contributed by atoms with E-state index in [1.807, 2.05) is 6.92 Å². The summed E-state index contributed by atoms with van der Waals surface area (Å²) in [7, 11) is -4.20. The van der Waals surface area contributed by atoms with Gasteiger partial charge in [0.05, 0.1) is 15.0 Å². The monoisotopic (exact) mass is 377 g/mol. The molecule has 0 radical (unpaired) electrons. The molecule has 1 aliphatic carbocycles. The molecule has 1 saturated carbocycles. The Bertz CT molecular complexity index is 734. The third-order valence-electron chi connectivity index (χ3n) is 3.21. The Morgan fingerprint density at radius 2 is 2.10 bits per heavy atom. The van der Waals surface area contributed by atoms with Crippen LogP contribution in [0.25, 0.3) is 0 Å². The summed E-state index contributed by atoms with van der Waals surface area (Å²) in [4.78, 5) is 21.7. The number of sulfonamides is 1. The Kier molecular flexibility index (Phi) is 4.04. The highest BCUT2D eigenvalue weighted by Gasteiger charge is 2.35. The Labute approximate surface area is 129 Å². The van der Waals surface area contributed by atoms with E-state index in [1.165, 1.54) is 0 Å². The van der Waals surface area contributed by atoms with Crippen molar-refractivity contribution in [1.82, 2.24) is 5.32 Å². The summed E-state index contributed by atoms with van der Waals surface area (Å²) in [6, 6.07) is 1.83. The number of primary sulfonamides is 1. The molecule has 1 fully saturated rings. The Hall–Kier alpha value is -1.52. The molecule has 2 unspecified atom stereocenters. The van der Waals surface area contributed by atoms with E-state index < -0.39 is 31.4 Å². The lowest BCUT2D eigenvalue weighted by Crippen LogP contribution is -2.27. The van der Waals surface area contributed by atoms with E-state index in [2.05, 4.69) is 21.2 Å². The predicted octanol–water partition coefficient (Wildman–Crippen LogP) is 1.14. The number of hydrogen-bond acceptors (Lipinski definition) is 5. The molecule has 2 atom stereocenters. The quantitative estimate of drug-likeness (QED) is 0.599. The van der Waals surface area contributed by atoms with Gasteiger partial charge in [0, 0.05) is 18.2 Å². The van der Waals surface area contributed by atoms with Crippen LogP contribution in [0.15, 0.2) is 21.5 Å². The van der Waals surface area contributed by atoms with Gasteiger partial charge in [0.1, 0.15) is 4.90 Å². The number of nitro groups is 1. The number of hydrogen-bond donors (Lipinski definition) is 2. The van der Waals surface area contributed by atoms with Crippen molar-refractivity contribution in [2.45, 2.75) is 24.3 Å². The van der Waals surface area contributed by atoms with Gasteiger partial charge in [0.25, 0.3) is 11.6 Å². The molecule has 0 saturated heterocycles. The number of halogens is 1. The molecular formula is C11H12BrN3O5S. The lowest BCUT2D eigenvalue weighted by atomic mass is 10.2. The molecule has 114 valence electrons. The number of benzene rings is 1. The number of non-ortho nitro benzene ring substituents is 1. The summed E-state index contributed by atoms with van der Waals surface area (Å²) >= 11 is 2.98. The van der Waals surface area contributed by atoms with E-state index >= 15 is 0 Å². The number of nitrogens with one attached hydrogen (secondary N) is 1. The van der Waals surface area contributed by atoms with Gasteiger partial charge in [-0.25, -0.2) is 13.6 Å². The molecule has 1 aromatic rings. The molecule has 21 heavy (non-hydrogen) atoms. The van der Waals surface area contributed by atoms with Crippen LogP contribution in [0, 0.1) is 16.0 Å². The normalized spacial score (nSPS) is 20.9. The van der Waals surface area contributed by atoms with Crippen molar-refractivity contribution in [2.24, 2.45) is 11.1 Å². The van der Waals surface area contributed by atoms with E-state index in [4.69, 9.17) is 5.14 Å². The maximum Gasteiger partial charge on any atom is 0.271 e. The van der Waals surface area contributed by atoms with E-state index in [9.17, 15) is 23.3 Å². The highest BCUT2D eigenvalue weighted by Crippen LogP contribution is 2.33. The zero-order chi connectivity index (χ0) is 15.9. The molecule has 1 aromatic carbocycles. The number of amides is 1. The van der Waals surface area contributed by atoms with Crippen LogP contribution >= 0.6 is 15.9 Å². The number of carbonyl (C=O) groups excluding carboxylic acids is 1. The van der Waals surface area contributed by atoms with Gasteiger partial charge >= 0.3 is 0 Å². The summed E-state index contributed by atoms with van der Waals surface area (Å²) in [6.45, 7) is 1.95. The fraction of sp³-hybridized carbons (Fsp3) is 0.364. The van der Waals surface area contributed by atoms with Gasteiger partial charge in [-0.1, -0.05) is 6.92 Å². The van der Waals surface area contributed by atoms with Crippen LogP contribution in [0.1, 0.15) is 23.7 Å². The van der Waals surface area contributed by atoms with E-state index in [0.29, 0.717) is 5.92 Å². The van der Waals surface area contributed by atoms with Crippen molar-refractivity contribution >= 4 is 37.5 Å². The van der Waals surface area contributed by atoms with Gasteiger partial charge in [0.15, 0.2) is 0 Å². The Morgan fingerprint density at radius 3 is 2.52 bits per heavy atom. The highest BCUT2D eigenvalue weighted by atomic mass is 79.9. The third-order valence-corrected chi connectivity index (χ3v) is 5.26. The second-order valence-electron chi connectivity index (χ2n) is 4.90. The maximum atomic E-state index is 12.1. The SMILES string of the molecule is CC1CC1NC(=O)c1cc([N+](=O)[O-])cc(S(N)(=O)=O)c1Br. The summed E-state index contributed by atoms with van der Waals surface area (Å²) in [5.41, 5.74) is -0.649. The zero-order valence-electron chi connectivity index (χ0n) is 10.9. The van der Waals surface area contributed by atoms with Crippen LogP contribution in [0.2, 0.25) is 0 Å². The summed E-state index contributed by atoms with van der Waals surface area (Å²) in [6.07, 6.45) is 0.820. The minimum atomic E-state index is -4.20. The second kappa shape index (κ2) is 5.35. The standard InChI is InChI=1S/C11H12BrN3O5S/c1-5-2-8(5)14-11(16)7-3-6(15(17)18)4-9(10(7)12)21(13,19)20/h3-5,8H,2H2,1H3,(H,14,16)(H2,13,19,20). The second-order valence-corrected chi connectivity index (χ2v) is 7.22. The summed E-state index contributed by atoms with van der Waals surface area (Å²) in [5.74, 6) is -0.242. The van der Waals surface area contributed by atoms with Gasteiger partial charge in [0.2, 0.25) is 10.0 Å². The van der Waals surface area contributed by atoms with Crippen LogP contribution in [0.5, 0.6) is 0 Å². The number of carbonyl (C=O) groups is 1. The lowest BCUT2D eigenvalue weighted by molar-refractivity contribution is -0.385. The minimum Gasteiger partial charge on any atom is -0.349 e. The fourth-order valence-corrected chi connectivity index (χ4v) is 3.56. The van der Waals surface area contributed by atoms with E-state index in [0.717, 1.165) is 18.6 Å². The molecule has 8 nitrogen and oxygen atoms in total. The molecular weight excluding hydrogens is 366 g/mol. The van der Waals surface area contributed by atoms with Crippen LogP contribution in [-0.2, 0) is 10.0 Å². The van der Waals surface area contributed by atoms with Gasteiger partial charge < -0.3 is 5.32 Å². The fourth-order valence-electron chi connectivity index (χ4n) is 1.83. The molecule has 3 N–H and O–H groups in total. The number of nitro benzene ring substituents is 1. The first-order valence-electron chi connectivity index (χ1n) is 5.93. The smallest absolute Gasteiger partial charge is 0.271 e. The van der Waals surface area contributed by atoms with Gasteiger partial charge in [-0.05, 0) is 28.3 Å². The first kappa shape index (κ1) is 15.9. The molecule has 2 rings (SSSR count). The molecule has 0 aliphatic heterocycles. The Balaban J connectivity index is 2.51. The molecule has 1 aliphatic rings. The van der Waals surface area contributed by atoms with E-state index in [1.54, 1.807) is 0 Å². The van der Waals surface area contributed by atoms with Crippen molar-refractivity contribution < 1.29 is 18.1 Å². The zero-order valence-corrected chi connectivity index (χ0v) is 13.3. The predicted molar refractivity (Wildman–Crippen MR) is 77.2 cm³/mol. The van der Waals surface area contributed by atoms with Crippen LogP contribution < -0.4 is 10.5 Å². The molecule has 10 heteroatoms. The van der Waals surface area contributed by atoms with Crippen LogP contribution in [0.4, 0.5) is 5.69 Å². The van der Waals surface area contributed by atoms with Crippen molar-refractivity contribution in [2.75, 3.05) is 0 Å². The van der Waals surface area contributed by atoms with Crippen LogP contribution in [-0.4, -0.2) is 25.3 Å². The van der Waals surface area contributed by atoms with Crippen molar-refractivity contribution in [3.63, 3.8) is 0 Å². The number of rotatable bonds is 4. The molecule has 0 bridgehead atoms. The third kappa shape index (κ3) is 3.39. The number of nitrogens with zero attached hydrogens (tertiary/aromatic N) is 1.